The van der Waals surface area contributed by atoms with Crippen molar-refractivity contribution >= 4 is 19.9 Å². The van der Waals surface area contributed by atoms with Crippen LogP contribution in [0.1, 0.15) is 26.5 Å². The van der Waals surface area contributed by atoms with Crippen molar-refractivity contribution in [2.24, 2.45) is 0 Å². The number of pyridine rings is 1. The molecular formula is C15H21FN2O2Si. The highest BCUT2D eigenvalue weighted by molar-refractivity contribution is 6.83. The minimum atomic E-state index is -1.59. The molecule has 0 saturated carbocycles. The highest BCUT2D eigenvalue weighted by atomic mass is 28.3. The predicted molar refractivity (Wildman–Crippen MR) is 84.3 cm³/mol. The van der Waals surface area contributed by atoms with Crippen LogP contribution >= 0.6 is 0 Å². The normalized spacial score (nSPS) is 11.4. The van der Waals surface area contributed by atoms with Gasteiger partial charge < -0.3 is 4.74 Å². The van der Waals surface area contributed by atoms with Crippen LogP contribution < -0.4 is 5.32 Å². The summed E-state index contributed by atoms with van der Waals surface area (Å²) in [7, 11) is -1.59. The van der Waals surface area contributed by atoms with Crippen molar-refractivity contribution in [1.82, 2.24) is 4.98 Å². The third-order valence-electron chi connectivity index (χ3n) is 2.04. The third kappa shape index (κ3) is 6.91. The Morgan fingerprint density at radius 3 is 2.48 bits per heavy atom. The summed E-state index contributed by atoms with van der Waals surface area (Å²) < 4.78 is 19.0. The zero-order valence-electron chi connectivity index (χ0n) is 13.3. The molecule has 0 aliphatic heterocycles. The first-order valence-corrected chi connectivity index (χ1v) is 10.1. The lowest BCUT2D eigenvalue weighted by molar-refractivity contribution is 0.0636. The number of rotatable bonds is 1. The summed E-state index contributed by atoms with van der Waals surface area (Å²) >= 11 is 0. The van der Waals surface area contributed by atoms with Gasteiger partial charge in [-0.3, -0.25) is 5.32 Å². The van der Waals surface area contributed by atoms with Crippen LogP contribution in [0.25, 0.3) is 0 Å². The summed E-state index contributed by atoms with van der Waals surface area (Å²) in [6.45, 7) is 11.4. The van der Waals surface area contributed by atoms with Gasteiger partial charge in [0, 0.05) is 6.07 Å². The Hall–Kier alpha value is -1.87. The maximum absolute atomic E-state index is 13.9. The molecule has 0 aromatic carbocycles. The molecule has 1 aromatic heterocycles. The van der Waals surface area contributed by atoms with Crippen LogP contribution in [-0.4, -0.2) is 24.8 Å². The Bertz CT molecular complexity index is 592. The molecule has 21 heavy (non-hydrogen) atoms. The molecule has 6 heteroatoms. The second-order valence-corrected chi connectivity index (χ2v) is 11.4. The van der Waals surface area contributed by atoms with Crippen LogP contribution in [0, 0.1) is 17.3 Å². The number of anilines is 1. The maximum atomic E-state index is 13.9. The van der Waals surface area contributed by atoms with Crippen molar-refractivity contribution in [3.63, 3.8) is 0 Å². The monoisotopic (exact) mass is 308 g/mol. The summed E-state index contributed by atoms with van der Waals surface area (Å²) in [5.41, 5.74) is 2.76. The van der Waals surface area contributed by atoms with Crippen LogP contribution in [0.15, 0.2) is 12.3 Å². The number of nitrogens with one attached hydrogen (secondary N) is 1. The number of hydrogen-bond donors (Lipinski definition) is 1. The number of carbonyl (C=O) groups is 1. The van der Waals surface area contributed by atoms with E-state index in [2.05, 4.69) is 41.4 Å². The van der Waals surface area contributed by atoms with Gasteiger partial charge in [-0.1, -0.05) is 25.6 Å². The molecule has 1 amide bonds. The minimum absolute atomic E-state index is 0.0900. The predicted octanol–water partition coefficient (Wildman–Crippen LogP) is 3.80. The number of amides is 1. The third-order valence-corrected chi connectivity index (χ3v) is 2.92. The second-order valence-electron chi connectivity index (χ2n) is 6.68. The first-order valence-electron chi connectivity index (χ1n) is 6.65. The summed E-state index contributed by atoms with van der Waals surface area (Å²) in [5.74, 6) is 2.19. The van der Waals surface area contributed by atoms with Gasteiger partial charge in [0.15, 0.2) is 5.82 Å². The van der Waals surface area contributed by atoms with E-state index in [0.717, 1.165) is 0 Å². The molecule has 0 atom stereocenters. The van der Waals surface area contributed by atoms with Crippen LogP contribution in [0.3, 0.4) is 0 Å². The highest BCUT2D eigenvalue weighted by Gasteiger charge is 2.16. The number of ether oxygens (including phenoxy) is 1. The molecular weight excluding hydrogens is 287 g/mol. The van der Waals surface area contributed by atoms with Gasteiger partial charge >= 0.3 is 6.09 Å². The summed E-state index contributed by atoms with van der Waals surface area (Å²) in [6, 6.07) is 1.19. The lowest BCUT2D eigenvalue weighted by Crippen LogP contribution is -2.27. The van der Waals surface area contributed by atoms with Crippen LogP contribution in [0.2, 0.25) is 19.6 Å². The van der Waals surface area contributed by atoms with Crippen molar-refractivity contribution < 1.29 is 13.9 Å². The van der Waals surface area contributed by atoms with Gasteiger partial charge in [-0.15, -0.1) is 5.54 Å². The van der Waals surface area contributed by atoms with E-state index in [1.54, 1.807) is 20.8 Å². The lowest BCUT2D eigenvalue weighted by atomic mass is 10.2. The van der Waals surface area contributed by atoms with E-state index in [9.17, 15) is 9.18 Å². The molecule has 0 fully saturated rings. The largest absolute Gasteiger partial charge is 0.444 e. The SMILES string of the molecule is CC(C)(C)OC(=O)Nc1cnc(C#C[Si](C)(C)C)c(F)c1. The zero-order chi connectivity index (χ0) is 16.3. The number of aromatic nitrogens is 1. The van der Waals surface area contributed by atoms with Gasteiger partial charge in [0.05, 0.1) is 11.9 Å². The lowest BCUT2D eigenvalue weighted by Gasteiger charge is -2.19. The van der Waals surface area contributed by atoms with Crippen molar-refractivity contribution in [3.05, 3.63) is 23.8 Å². The topological polar surface area (TPSA) is 51.2 Å². The van der Waals surface area contributed by atoms with Gasteiger partial charge in [0.1, 0.15) is 19.4 Å². The maximum Gasteiger partial charge on any atom is 0.412 e. The van der Waals surface area contributed by atoms with Gasteiger partial charge in [-0.25, -0.2) is 14.2 Å². The Morgan fingerprint density at radius 1 is 1.38 bits per heavy atom. The Morgan fingerprint density at radius 2 is 2.00 bits per heavy atom. The molecule has 114 valence electrons. The molecule has 4 nitrogen and oxygen atoms in total. The quantitative estimate of drug-likeness (QED) is 0.634. The van der Waals surface area contributed by atoms with Crippen molar-refractivity contribution in [3.8, 4) is 11.5 Å². The molecule has 0 aliphatic carbocycles. The Balaban J connectivity index is 2.83. The number of nitrogens with zero attached hydrogens (tertiary/aromatic N) is 1. The van der Waals surface area contributed by atoms with Crippen molar-refractivity contribution in [2.75, 3.05) is 5.32 Å². The van der Waals surface area contributed by atoms with Crippen molar-refractivity contribution in [2.45, 2.75) is 46.0 Å². The molecule has 0 aliphatic rings. The standard InChI is InChI=1S/C15H21FN2O2Si/c1-15(2,3)20-14(19)18-11-9-12(16)13(17-10-11)7-8-21(4,5)6/h9-10H,1-6H3,(H,18,19). The van der Waals surface area contributed by atoms with E-state index in [0.29, 0.717) is 0 Å². The number of hydrogen-bond acceptors (Lipinski definition) is 3. The first-order chi connectivity index (χ1) is 9.46. The fourth-order valence-corrected chi connectivity index (χ4v) is 1.76. The second kappa shape index (κ2) is 6.27. The smallest absolute Gasteiger partial charge is 0.412 e. The fraction of sp³-hybridized carbons (Fsp3) is 0.467. The molecule has 1 rings (SSSR count). The van der Waals surface area contributed by atoms with Gasteiger partial charge in [0.25, 0.3) is 0 Å². The van der Waals surface area contributed by atoms with E-state index in [-0.39, 0.29) is 11.4 Å². The van der Waals surface area contributed by atoms with E-state index in [1.807, 2.05) is 0 Å². The molecule has 0 spiro atoms. The van der Waals surface area contributed by atoms with Gasteiger partial charge in [-0.05, 0) is 20.8 Å². The van der Waals surface area contributed by atoms with Crippen LogP contribution in [0.4, 0.5) is 14.9 Å². The molecule has 0 saturated heterocycles. The molecule has 0 bridgehead atoms. The average molecular weight is 308 g/mol. The first kappa shape index (κ1) is 17.2. The molecule has 1 aromatic rings. The highest BCUT2D eigenvalue weighted by Crippen LogP contribution is 2.14. The van der Waals surface area contributed by atoms with Gasteiger partial charge in [-0.2, -0.15) is 0 Å². The molecule has 0 radical (unpaired) electrons. The van der Waals surface area contributed by atoms with Gasteiger partial charge in [0.2, 0.25) is 0 Å². The van der Waals surface area contributed by atoms with E-state index < -0.39 is 25.6 Å². The van der Waals surface area contributed by atoms with Crippen LogP contribution in [0.5, 0.6) is 0 Å². The summed E-state index contributed by atoms with van der Waals surface area (Å²) in [4.78, 5) is 15.5. The summed E-state index contributed by atoms with van der Waals surface area (Å²) in [5, 5.41) is 2.44. The van der Waals surface area contributed by atoms with E-state index in [4.69, 9.17) is 4.74 Å². The molecule has 0 unspecified atom stereocenters. The average Bonchev–Trinajstić information content (AvgIpc) is 2.23. The Kier molecular flexibility index (Phi) is 5.13. The molecule has 1 heterocycles. The van der Waals surface area contributed by atoms with E-state index >= 15 is 0 Å². The number of carbonyl (C=O) groups excluding carboxylic acids is 1. The van der Waals surface area contributed by atoms with Crippen molar-refractivity contribution in [1.29, 1.82) is 0 Å². The zero-order valence-corrected chi connectivity index (χ0v) is 14.3. The minimum Gasteiger partial charge on any atom is -0.444 e. The molecule has 1 N–H and O–H groups in total. The van der Waals surface area contributed by atoms with Crippen LogP contribution in [-0.2, 0) is 4.74 Å². The fourth-order valence-electron chi connectivity index (χ4n) is 1.27. The summed E-state index contributed by atoms with van der Waals surface area (Å²) in [6.07, 6.45) is 0.714. The Labute approximate surface area is 126 Å². The van der Waals surface area contributed by atoms with E-state index in [1.165, 1.54) is 12.3 Å². The number of halogens is 1.